The topological polar surface area (TPSA) is 49.9 Å². The Kier molecular flexibility index (Phi) is 5.07. The number of likely N-dealkylation sites (tertiary alicyclic amines) is 1. The average molecular weight is 354 g/mol. The molecule has 3 atom stereocenters. The van der Waals surface area contributed by atoms with Crippen LogP contribution in [-0.2, 0) is 20.9 Å². The maximum absolute atomic E-state index is 13.3. The molecule has 26 heavy (non-hydrogen) atoms. The van der Waals surface area contributed by atoms with E-state index in [1.165, 1.54) is 0 Å². The first-order valence-corrected chi connectivity index (χ1v) is 9.60. The lowest BCUT2D eigenvalue weighted by Gasteiger charge is -2.43. The van der Waals surface area contributed by atoms with Crippen molar-refractivity contribution in [3.05, 3.63) is 48.0 Å². The van der Waals surface area contributed by atoms with Crippen molar-refractivity contribution in [2.75, 3.05) is 32.8 Å². The zero-order chi connectivity index (χ0) is 17.9. The Morgan fingerprint density at radius 3 is 2.65 bits per heavy atom. The minimum absolute atomic E-state index is 0.127. The SMILES string of the molecule is O=C(C1CC=C[C@@H]2CCN(Cc3ccccc3)C(=O)[C@H]12)N1CCOCC1. The molecule has 2 saturated heterocycles. The Hall–Kier alpha value is -2.14. The number of nitrogens with zero attached hydrogens (tertiary/aromatic N) is 2. The van der Waals surface area contributed by atoms with Crippen LogP contribution in [0.3, 0.4) is 0 Å². The van der Waals surface area contributed by atoms with Crippen molar-refractivity contribution in [3.8, 4) is 0 Å². The highest BCUT2D eigenvalue weighted by atomic mass is 16.5. The van der Waals surface area contributed by atoms with E-state index in [-0.39, 0.29) is 29.6 Å². The van der Waals surface area contributed by atoms with E-state index in [4.69, 9.17) is 4.74 Å². The molecule has 3 aliphatic rings. The van der Waals surface area contributed by atoms with Gasteiger partial charge in [-0.05, 0) is 24.3 Å². The van der Waals surface area contributed by atoms with Crippen molar-refractivity contribution in [2.45, 2.75) is 19.4 Å². The van der Waals surface area contributed by atoms with Crippen LogP contribution in [0, 0.1) is 17.8 Å². The number of hydrogen-bond donors (Lipinski definition) is 0. The largest absolute Gasteiger partial charge is 0.378 e. The van der Waals surface area contributed by atoms with E-state index >= 15 is 0 Å². The fourth-order valence-corrected chi connectivity index (χ4v) is 4.46. The predicted octanol–water partition coefficient (Wildman–Crippen LogP) is 2.09. The number of benzene rings is 1. The summed E-state index contributed by atoms with van der Waals surface area (Å²) in [4.78, 5) is 30.2. The molecule has 1 aliphatic carbocycles. The first-order chi connectivity index (χ1) is 12.7. The van der Waals surface area contributed by atoms with Crippen LogP contribution < -0.4 is 0 Å². The average Bonchev–Trinajstić information content (AvgIpc) is 2.70. The van der Waals surface area contributed by atoms with E-state index in [0.717, 1.165) is 18.5 Å². The van der Waals surface area contributed by atoms with E-state index in [0.29, 0.717) is 39.3 Å². The number of piperidine rings is 1. The molecule has 5 nitrogen and oxygen atoms in total. The number of allylic oxidation sites excluding steroid dienone is 2. The van der Waals surface area contributed by atoms with Crippen LogP contribution in [0.25, 0.3) is 0 Å². The molecule has 2 aliphatic heterocycles. The molecule has 0 spiro atoms. The summed E-state index contributed by atoms with van der Waals surface area (Å²) in [6, 6.07) is 10.1. The zero-order valence-electron chi connectivity index (χ0n) is 15.0. The lowest BCUT2D eigenvalue weighted by atomic mass is 9.71. The van der Waals surface area contributed by atoms with Crippen molar-refractivity contribution >= 4 is 11.8 Å². The highest BCUT2D eigenvalue weighted by molar-refractivity contribution is 5.89. The first-order valence-electron chi connectivity index (χ1n) is 9.60. The number of amides is 2. The molecule has 4 rings (SSSR count). The monoisotopic (exact) mass is 354 g/mol. The molecule has 0 saturated carbocycles. The number of carbonyl (C=O) groups is 2. The van der Waals surface area contributed by atoms with E-state index in [9.17, 15) is 9.59 Å². The molecule has 5 heteroatoms. The number of morpholine rings is 1. The second-order valence-electron chi connectivity index (χ2n) is 7.43. The third-order valence-corrected chi connectivity index (χ3v) is 5.85. The van der Waals surface area contributed by atoms with Gasteiger partial charge in [-0.15, -0.1) is 0 Å². The van der Waals surface area contributed by atoms with Crippen LogP contribution in [-0.4, -0.2) is 54.5 Å². The fourth-order valence-electron chi connectivity index (χ4n) is 4.46. The highest BCUT2D eigenvalue weighted by Crippen LogP contribution is 2.38. The highest BCUT2D eigenvalue weighted by Gasteiger charge is 2.45. The fraction of sp³-hybridized carbons (Fsp3) is 0.524. The van der Waals surface area contributed by atoms with Gasteiger partial charge in [0.05, 0.1) is 25.0 Å². The van der Waals surface area contributed by atoms with Crippen molar-refractivity contribution in [1.82, 2.24) is 9.80 Å². The molecule has 0 bridgehead atoms. The summed E-state index contributed by atoms with van der Waals surface area (Å²) >= 11 is 0. The van der Waals surface area contributed by atoms with Gasteiger partial charge >= 0.3 is 0 Å². The number of rotatable bonds is 3. The van der Waals surface area contributed by atoms with Crippen LogP contribution in [0.5, 0.6) is 0 Å². The van der Waals surface area contributed by atoms with Gasteiger partial charge < -0.3 is 14.5 Å². The van der Waals surface area contributed by atoms with Gasteiger partial charge in [-0.1, -0.05) is 42.5 Å². The van der Waals surface area contributed by atoms with Crippen molar-refractivity contribution in [3.63, 3.8) is 0 Å². The van der Waals surface area contributed by atoms with Gasteiger partial charge in [0, 0.05) is 26.2 Å². The normalized spacial score (nSPS) is 28.8. The van der Waals surface area contributed by atoms with Gasteiger partial charge in [-0.25, -0.2) is 0 Å². The zero-order valence-corrected chi connectivity index (χ0v) is 15.0. The summed E-state index contributed by atoms with van der Waals surface area (Å²) in [6.45, 7) is 3.85. The summed E-state index contributed by atoms with van der Waals surface area (Å²) in [5, 5.41) is 0. The quantitative estimate of drug-likeness (QED) is 0.781. The Morgan fingerprint density at radius 1 is 1.12 bits per heavy atom. The summed E-state index contributed by atoms with van der Waals surface area (Å²) in [5.74, 6) is 0.0175. The van der Waals surface area contributed by atoms with Crippen LogP contribution in [0.2, 0.25) is 0 Å². The molecule has 0 aromatic heterocycles. The summed E-state index contributed by atoms with van der Waals surface area (Å²) < 4.78 is 5.37. The Labute approximate surface area is 154 Å². The predicted molar refractivity (Wildman–Crippen MR) is 98.1 cm³/mol. The Balaban J connectivity index is 1.51. The first kappa shape index (κ1) is 17.3. The Bertz CT molecular complexity index is 682. The number of fused-ring (bicyclic) bond motifs is 1. The third kappa shape index (κ3) is 3.40. The molecule has 138 valence electrons. The van der Waals surface area contributed by atoms with Crippen molar-refractivity contribution < 1.29 is 14.3 Å². The van der Waals surface area contributed by atoms with Gasteiger partial charge in [-0.3, -0.25) is 9.59 Å². The number of hydrogen-bond acceptors (Lipinski definition) is 3. The minimum Gasteiger partial charge on any atom is -0.378 e. The van der Waals surface area contributed by atoms with Gasteiger partial charge in [-0.2, -0.15) is 0 Å². The van der Waals surface area contributed by atoms with Crippen LogP contribution in [0.15, 0.2) is 42.5 Å². The van der Waals surface area contributed by atoms with E-state index < -0.39 is 0 Å². The maximum atomic E-state index is 13.3. The van der Waals surface area contributed by atoms with Gasteiger partial charge in [0.25, 0.3) is 0 Å². The number of ether oxygens (including phenoxy) is 1. The van der Waals surface area contributed by atoms with Gasteiger partial charge in [0.1, 0.15) is 0 Å². The van der Waals surface area contributed by atoms with Crippen molar-refractivity contribution in [2.24, 2.45) is 17.8 Å². The Morgan fingerprint density at radius 2 is 1.88 bits per heavy atom. The second kappa shape index (κ2) is 7.62. The number of carbonyl (C=O) groups excluding carboxylic acids is 2. The molecule has 1 unspecified atom stereocenters. The lowest BCUT2D eigenvalue weighted by Crippen LogP contribution is -2.53. The second-order valence-corrected chi connectivity index (χ2v) is 7.43. The maximum Gasteiger partial charge on any atom is 0.227 e. The minimum atomic E-state index is -0.228. The molecule has 2 heterocycles. The lowest BCUT2D eigenvalue weighted by molar-refractivity contribution is -0.153. The molecular weight excluding hydrogens is 328 g/mol. The molecule has 1 aromatic carbocycles. The summed E-state index contributed by atoms with van der Waals surface area (Å²) in [5.41, 5.74) is 1.14. The molecule has 0 N–H and O–H groups in total. The van der Waals surface area contributed by atoms with Gasteiger partial charge in [0.2, 0.25) is 11.8 Å². The summed E-state index contributed by atoms with van der Waals surface area (Å²) in [7, 11) is 0. The van der Waals surface area contributed by atoms with Crippen molar-refractivity contribution in [1.29, 1.82) is 0 Å². The van der Waals surface area contributed by atoms with E-state index in [2.05, 4.69) is 24.3 Å². The molecular formula is C21H26N2O3. The van der Waals surface area contributed by atoms with E-state index in [1.807, 2.05) is 28.0 Å². The van der Waals surface area contributed by atoms with Crippen LogP contribution in [0.4, 0.5) is 0 Å². The van der Waals surface area contributed by atoms with Crippen LogP contribution >= 0.6 is 0 Å². The van der Waals surface area contributed by atoms with E-state index in [1.54, 1.807) is 0 Å². The summed E-state index contributed by atoms with van der Waals surface area (Å²) in [6.07, 6.45) is 5.87. The van der Waals surface area contributed by atoms with Crippen LogP contribution in [0.1, 0.15) is 18.4 Å². The molecule has 2 amide bonds. The third-order valence-electron chi connectivity index (χ3n) is 5.85. The molecule has 1 aromatic rings. The standard InChI is InChI=1S/C21H26N2O3/c24-20(22-11-13-26-14-12-22)18-8-4-7-17-9-10-23(21(25)19(17)18)15-16-5-2-1-3-6-16/h1-7,17-19H,8-15H2/t17-,18?,19+/m1/s1. The van der Waals surface area contributed by atoms with Gasteiger partial charge in [0.15, 0.2) is 0 Å². The smallest absolute Gasteiger partial charge is 0.227 e. The molecule has 2 fully saturated rings. The molecule has 0 radical (unpaired) electrons.